The Morgan fingerprint density at radius 3 is 2.56 bits per heavy atom. The molecule has 2 atom stereocenters. The maximum Gasteiger partial charge on any atom is 0.294 e. The fourth-order valence-corrected chi connectivity index (χ4v) is 5.91. The minimum absolute atomic E-state index is 0.0695. The zero-order valence-corrected chi connectivity index (χ0v) is 20.0. The van der Waals surface area contributed by atoms with Crippen molar-refractivity contribution in [1.82, 2.24) is 29.4 Å². The van der Waals surface area contributed by atoms with Crippen LogP contribution in [0.15, 0.2) is 54.9 Å². The Bertz CT molecular complexity index is 1380. The maximum atomic E-state index is 13.6. The van der Waals surface area contributed by atoms with Crippen molar-refractivity contribution in [3.05, 3.63) is 82.0 Å². The predicted molar refractivity (Wildman–Crippen MR) is 130 cm³/mol. The summed E-state index contributed by atoms with van der Waals surface area (Å²) in [5.74, 6) is 0.0648. The van der Waals surface area contributed by atoms with E-state index in [1.54, 1.807) is 17.1 Å². The molecule has 34 heavy (non-hydrogen) atoms. The minimum atomic E-state index is -0.145. The molecule has 7 nitrogen and oxygen atoms in total. The number of hydrogen-bond donors (Lipinski definition) is 0. The van der Waals surface area contributed by atoms with E-state index in [0.717, 1.165) is 48.3 Å². The van der Waals surface area contributed by atoms with Gasteiger partial charge in [0.15, 0.2) is 0 Å². The summed E-state index contributed by atoms with van der Waals surface area (Å²) in [6, 6.07) is 15.2. The average molecular weight is 493 g/mol. The highest BCUT2D eigenvalue weighted by Crippen LogP contribution is 2.45. The minimum Gasteiger partial charge on any atom is -0.324 e. The Kier molecular flexibility index (Phi) is 5.19. The maximum absolute atomic E-state index is 13.6. The molecule has 2 aliphatic rings. The summed E-state index contributed by atoms with van der Waals surface area (Å²) in [4.78, 5) is 19.9. The summed E-state index contributed by atoms with van der Waals surface area (Å²) in [6.45, 7) is 0. The number of fused-ring (bicyclic) bond motifs is 4. The monoisotopic (exact) mass is 492 g/mol. The molecule has 1 fully saturated rings. The highest BCUT2D eigenvalue weighted by atomic mass is 35.5. The van der Waals surface area contributed by atoms with Crippen molar-refractivity contribution in [2.24, 2.45) is 7.05 Å². The average Bonchev–Trinajstić information content (AvgIpc) is 3.43. The Hall–Kier alpha value is -3.16. The van der Waals surface area contributed by atoms with Crippen LogP contribution in [-0.2, 0) is 13.5 Å². The summed E-state index contributed by atoms with van der Waals surface area (Å²) in [5.41, 5.74) is 4.93. The number of aromatic nitrogens is 5. The molecule has 1 amide bonds. The Balaban J connectivity index is 1.37. The Morgan fingerprint density at radius 2 is 1.79 bits per heavy atom. The highest BCUT2D eigenvalue weighted by molar-refractivity contribution is 6.35. The van der Waals surface area contributed by atoms with Gasteiger partial charge in [0.2, 0.25) is 5.82 Å². The van der Waals surface area contributed by atoms with Gasteiger partial charge in [-0.15, -0.1) is 5.10 Å². The van der Waals surface area contributed by atoms with Crippen molar-refractivity contribution in [3.8, 4) is 16.9 Å². The first-order valence-electron chi connectivity index (χ1n) is 11.3. The van der Waals surface area contributed by atoms with E-state index in [9.17, 15) is 4.79 Å². The van der Waals surface area contributed by atoms with Crippen LogP contribution in [0.1, 0.15) is 47.2 Å². The second-order valence-corrected chi connectivity index (χ2v) is 9.73. The van der Waals surface area contributed by atoms with E-state index >= 15 is 0 Å². The number of hydrogen-bond acceptors (Lipinski definition) is 4. The van der Waals surface area contributed by atoms with Crippen molar-refractivity contribution >= 4 is 29.1 Å². The van der Waals surface area contributed by atoms with Crippen LogP contribution in [0.2, 0.25) is 10.0 Å². The van der Waals surface area contributed by atoms with Gasteiger partial charge in [-0.1, -0.05) is 41.4 Å². The summed E-state index contributed by atoms with van der Waals surface area (Å²) < 4.78 is 3.53. The van der Waals surface area contributed by atoms with Crippen molar-refractivity contribution in [2.75, 3.05) is 0 Å². The number of amides is 1. The second kappa shape index (κ2) is 8.25. The van der Waals surface area contributed by atoms with Gasteiger partial charge in [-0.05, 0) is 56.0 Å². The molecule has 0 saturated carbocycles. The lowest BCUT2D eigenvalue weighted by atomic mass is 9.81. The fraction of sp³-hybridized carbons (Fsp3) is 0.280. The van der Waals surface area contributed by atoms with Gasteiger partial charge in [0.25, 0.3) is 5.91 Å². The summed E-state index contributed by atoms with van der Waals surface area (Å²) in [7, 11) is 1.93. The number of piperidine rings is 1. The standard InChI is InChI=1S/C25H22Cl2N6O/c1-31-23(15-10-16(26)12-17(27)11-15)20-13-19-8-5-9-21(22(20)29-31)33(19)25(34)24-28-14-32(30-24)18-6-3-2-4-7-18/h2-4,6-7,10-12,14,19,21H,5,8-9,13H2,1H3/t19-,21+/m1/s1. The molecule has 0 spiro atoms. The lowest BCUT2D eigenvalue weighted by Gasteiger charge is -2.44. The van der Waals surface area contributed by atoms with Crippen molar-refractivity contribution in [2.45, 2.75) is 37.8 Å². The molecule has 2 aromatic carbocycles. The molecule has 2 aromatic heterocycles. The summed E-state index contributed by atoms with van der Waals surface area (Å²) >= 11 is 12.6. The molecular weight excluding hydrogens is 471 g/mol. The third-order valence-corrected chi connectivity index (χ3v) is 7.19. The number of para-hydroxylation sites is 1. The van der Waals surface area contributed by atoms with Gasteiger partial charge in [0, 0.05) is 34.3 Å². The van der Waals surface area contributed by atoms with Gasteiger partial charge in [-0.3, -0.25) is 9.48 Å². The quantitative estimate of drug-likeness (QED) is 0.390. The number of aryl methyl sites for hydroxylation is 1. The third-order valence-electron chi connectivity index (χ3n) is 6.75. The lowest BCUT2D eigenvalue weighted by molar-refractivity contribution is 0.0379. The lowest BCUT2D eigenvalue weighted by Crippen LogP contribution is -2.50. The Labute approximate surface area is 206 Å². The first-order valence-corrected chi connectivity index (χ1v) is 12.1. The number of carbonyl (C=O) groups excluding carboxylic acids is 1. The van der Waals surface area contributed by atoms with E-state index in [0.29, 0.717) is 10.0 Å². The molecule has 9 heteroatoms. The molecule has 6 rings (SSSR count). The molecule has 2 bridgehead atoms. The van der Waals surface area contributed by atoms with Crippen LogP contribution in [0, 0.1) is 0 Å². The van der Waals surface area contributed by atoms with Crippen LogP contribution in [0.5, 0.6) is 0 Å². The van der Waals surface area contributed by atoms with Crippen LogP contribution in [-0.4, -0.2) is 41.4 Å². The van der Waals surface area contributed by atoms with Crippen molar-refractivity contribution in [3.63, 3.8) is 0 Å². The second-order valence-electron chi connectivity index (χ2n) is 8.86. The van der Waals surface area contributed by atoms with E-state index in [2.05, 4.69) is 10.1 Å². The molecule has 4 aromatic rings. The van der Waals surface area contributed by atoms with Gasteiger partial charge in [0.05, 0.1) is 23.1 Å². The summed E-state index contributed by atoms with van der Waals surface area (Å²) in [6.07, 6.45) is 5.17. The van der Waals surface area contributed by atoms with E-state index < -0.39 is 0 Å². The number of carbonyl (C=O) groups is 1. The first-order chi connectivity index (χ1) is 16.5. The van der Waals surface area contributed by atoms with E-state index in [1.807, 2.05) is 59.1 Å². The fourth-order valence-electron chi connectivity index (χ4n) is 5.38. The molecule has 4 heterocycles. The Morgan fingerprint density at radius 1 is 1.03 bits per heavy atom. The zero-order valence-electron chi connectivity index (χ0n) is 18.5. The zero-order chi connectivity index (χ0) is 23.4. The van der Waals surface area contributed by atoms with E-state index in [1.165, 1.54) is 5.56 Å². The van der Waals surface area contributed by atoms with Crippen LogP contribution >= 0.6 is 23.2 Å². The molecule has 172 valence electrons. The van der Waals surface area contributed by atoms with Crippen LogP contribution in [0.4, 0.5) is 0 Å². The van der Waals surface area contributed by atoms with Gasteiger partial charge < -0.3 is 4.90 Å². The molecule has 0 unspecified atom stereocenters. The molecule has 0 N–H and O–H groups in total. The van der Waals surface area contributed by atoms with E-state index in [-0.39, 0.29) is 23.8 Å². The number of benzene rings is 2. The SMILES string of the molecule is Cn1nc2c(c1-c1cc(Cl)cc(Cl)c1)C[C@H]1CCC[C@@H]2N1C(=O)c1ncn(-c2ccccc2)n1. The topological polar surface area (TPSA) is 68.8 Å². The molecule has 0 radical (unpaired) electrons. The number of halogens is 2. The first kappa shape index (κ1) is 21.4. The highest BCUT2D eigenvalue weighted by Gasteiger charge is 2.44. The van der Waals surface area contributed by atoms with Crippen molar-refractivity contribution in [1.29, 1.82) is 0 Å². The number of rotatable bonds is 3. The molecule has 2 aliphatic heterocycles. The van der Waals surface area contributed by atoms with Gasteiger partial charge in [0.1, 0.15) is 6.33 Å². The molecule has 1 saturated heterocycles. The van der Waals surface area contributed by atoms with Crippen LogP contribution < -0.4 is 0 Å². The van der Waals surface area contributed by atoms with Crippen molar-refractivity contribution < 1.29 is 4.79 Å². The normalized spacial score (nSPS) is 19.2. The summed E-state index contributed by atoms with van der Waals surface area (Å²) in [5, 5.41) is 10.5. The molecule has 0 aliphatic carbocycles. The van der Waals surface area contributed by atoms with Crippen LogP contribution in [0.3, 0.4) is 0 Å². The number of nitrogens with zero attached hydrogens (tertiary/aromatic N) is 6. The van der Waals surface area contributed by atoms with Gasteiger partial charge >= 0.3 is 0 Å². The predicted octanol–water partition coefficient (Wildman–Crippen LogP) is 5.27. The van der Waals surface area contributed by atoms with Gasteiger partial charge in [-0.25, -0.2) is 9.67 Å². The van der Waals surface area contributed by atoms with Crippen LogP contribution in [0.25, 0.3) is 16.9 Å². The smallest absolute Gasteiger partial charge is 0.294 e. The van der Waals surface area contributed by atoms with Gasteiger partial charge in [-0.2, -0.15) is 5.10 Å². The molecular formula is C25H22Cl2N6O. The largest absolute Gasteiger partial charge is 0.324 e. The van der Waals surface area contributed by atoms with E-state index in [4.69, 9.17) is 28.3 Å². The third kappa shape index (κ3) is 3.51.